The van der Waals surface area contributed by atoms with Gasteiger partial charge in [-0.3, -0.25) is 4.79 Å². The van der Waals surface area contributed by atoms with E-state index in [1.165, 1.54) is 31.6 Å². The molecule has 0 spiro atoms. The monoisotopic (exact) mass is 400 g/mol. The summed E-state index contributed by atoms with van der Waals surface area (Å²) in [5.41, 5.74) is 0.668. The maximum Gasteiger partial charge on any atom is 0.416 e. The normalized spacial score (nSPS) is 14.4. The quantitative estimate of drug-likeness (QED) is 0.458. The van der Waals surface area contributed by atoms with E-state index in [0.29, 0.717) is 13.2 Å². The molecular formula is C20H27F3N2O3. The van der Waals surface area contributed by atoms with Gasteiger partial charge in [0.15, 0.2) is 0 Å². The van der Waals surface area contributed by atoms with E-state index >= 15 is 0 Å². The van der Waals surface area contributed by atoms with Crippen LogP contribution in [0.4, 0.5) is 18.9 Å². The van der Waals surface area contributed by atoms with Gasteiger partial charge in [-0.05, 0) is 50.3 Å². The Kier molecular flexibility index (Phi) is 8.63. The molecule has 0 aliphatic heterocycles. The van der Waals surface area contributed by atoms with E-state index in [1.807, 2.05) is 0 Å². The fraction of sp³-hybridized carbons (Fsp3) is 0.550. The third-order valence-electron chi connectivity index (χ3n) is 4.44. The number of ether oxygens (including phenoxy) is 2. The minimum absolute atomic E-state index is 0.121. The number of nitrogens with one attached hydrogen (secondary N) is 2. The summed E-state index contributed by atoms with van der Waals surface area (Å²) >= 11 is 0. The van der Waals surface area contributed by atoms with Crippen LogP contribution in [0.25, 0.3) is 0 Å². The van der Waals surface area contributed by atoms with Gasteiger partial charge in [0.25, 0.3) is 0 Å². The second kappa shape index (κ2) is 10.9. The highest BCUT2D eigenvalue weighted by Crippen LogP contribution is 2.35. The zero-order chi connectivity index (χ0) is 20.4. The molecule has 0 bridgehead atoms. The van der Waals surface area contributed by atoms with Crippen LogP contribution in [0.1, 0.15) is 37.7 Å². The lowest BCUT2D eigenvalue weighted by Crippen LogP contribution is -2.31. The summed E-state index contributed by atoms with van der Waals surface area (Å²) in [6, 6.07) is 3.14. The van der Waals surface area contributed by atoms with Gasteiger partial charge in [0, 0.05) is 13.7 Å². The molecule has 0 saturated heterocycles. The number of methoxy groups -OCH3 is 1. The van der Waals surface area contributed by atoms with Gasteiger partial charge in [0.2, 0.25) is 5.91 Å². The van der Waals surface area contributed by atoms with Crippen LogP contribution < -0.4 is 15.4 Å². The molecule has 1 aromatic rings. The molecule has 1 aliphatic rings. The average Bonchev–Trinajstić information content (AvgIpc) is 2.67. The molecule has 2 rings (SSSR count). The molecule has 5 nitrogen and oxygen atoms in total. The minimum atomic E-state index is -4.47. The number of hydrogen-bond acceptors (Lipinski definition) is 4. The van der Waals surface area contributed by atoms with E-state index in [9.17, 15) is 18.0 Å². The van der Waals surface area contributed by atoms with Crippen molar-refractivity contribution in [2.45, 2.75) is 38.3 Å². The smallest absolute Gasteiger partial charge is 0.416 e. The van der Waals surface area contributed by atoms with Gasteiger partial charge < -0.3 is 20.1 Å². The minimum Gasteiger partial charge on any atom is -0.489 e. The van der Waals surface area contributed by atoms with E-state index in [2.05, 4.69) is 16.7 Å². The second-order valence-corrected chi connectivity index (χ2v) is 6.61. The number of alkyl halides is 3. The standard InChI is InChI=1S/C20H27F3N2O3/c1-27-11-12-28-18-8-7-16(20(21,22)23)13-17(18)25-14-19(26)24-10-9-15-5-3-2-4-6-15/h5,7-8,13,25H,2-4,6,9-12,14H2,1H3,(H,24,26). The first-order valence-electron chi connectivity index (χ1n) is 9.41. The number of rotatable bonds is 10. The molecule has 1 amide bonds. The number of hydrogen-bond donors (Lipinski definition) is 2. The van der Waals surface area contributed by atoms with Crippen molar-refractivity contribution >= 4 is 11.6 Å². The SMILES string of the molecule is COCCOc1ccc(C(F)(F)F)cc1NCC(=O)NCCC1=CCCCC1. The first kappa shape index (κ1) is 22.1. The van der Waals surface area contributed by atoms with Crippen LogP contribution in [0, 0.1) is 0 Å². The number of benzene rings is 1. The average molecular weight is 400 g/mol. The van der Waals surface area contributed by atoms with Crippen molar-refractivity contribution in [1.29, 1.82) is 0 Å². The third-order valence-corrected chi connectivity index (χ3v) is 4.44. The molecule has 2 N–H and O–H groups in total. The van der Waals surface area contributed by atoms with Crippen LogP contribution in [0.5, 0.6) is 5.75 Å². The van der Waals surface area contributed by atoms with Crippen LogP contribution in [0.3, 0.4) is 0 Å². The van der Waals surface area contributed by atoms with Crippen molar-refractivity contribution < 1.29 is 27.4 Å². The molecule has 0 saturated carbocycles. The summed E-state index contributed by atoms with van der Waals surface area (Å²) in [5, 5.41) is 5.54. The predicted octanol–water partition coefficient (Wildman–Crippen LogP) is 4.15. The summed E-state index contributed by atoms with van der Waals surface area (Å²) in [5.74, 6) is -0.0399. The summed E-state index contributed by atoms with van der Waals surface area (Å²) in [6.07, 6.45) is 3.11. The van der Waals surface area contributed by atoms with Crippen LogP contribution in [0.2, 0.25) is 0 Å². The first-order chi connectivity index (χ1) is 13.4. The number of carbonyl (C=O) groups is 1. The Morgan fingerprint density at radius 3 is 2.71 bits per heavy atom. The molecule has 1 aromatic carbocycles. The molecule has 0 unspecified atom stereocenters. The van der Waals surface area contributed by atoms with Crippen molar-refractivity contribution in [2.24, 2.45) is 0 Å². The fourth-order valence-electron chi connectivity index (χ4n) is 2.94. The molecule has 0 radical (unpaired) electrons. The van der Waals surface area contributed by atoms with Gasteiger partial charge in [-0.15, -0.1) is 0 Å². The lowest BCUT2D eigenvalue weighted by Gasteiger charge is -2.16. The highest BCUT2D eigenvalue weighted by molar-refractivity contribution is 5.81. The van der Waals surface area contributed by atoms with Crippen molar-refractivity contribution in [3.8, 4) is 5.75 Å². The van der Waals surface area contributed by atoms with E-state index in [1.54, 1.807) is 0 Å². The van der Waals surface area contributed by atoms with Crippen LogP contribution in [-0.4, -0.2) is 39.3 Å². The molecule has 0 heterocycles. The fourth-order valence-corrected chi connectivity index (χ4v) is 2.94. The van der Waals surface area contributed by atoms with Crippen molar-refractivity contribution in [3.05, 3.63) is 35.4 Å². The Balaban J connectivity index is 1.90. The highest BCUT2D eigenvalue weighted by atomic mass is 19.4. The topological polar surface area (TPSA) is 59.6 Å². The number of amides is 1. The molecule has 28 heavy (non-hydrogen) atoms. The molecule has 0 aromatic heterocycles. The zero-order valence-corrected chi connectivity index (χ0v) is 16.0. The second-order valence-electron chi connectivity index (χ2n) is 6.61. The number of anilines is 1. The molecule has 156 valence electrons. The van der Waals surface area contributed by atoms with Crippen molar-refractivity contribution in [2.75, 3.05) is 38.7 Å². The molecule has 0 atom stereocenters. The van der Waals surface area contributed by atoms with Gasteiger partial charge in [0.1, 0.15) is 12.4 Å². The Bertz CT molecular complexity index is 675. The number of halogens is 3. The predicted molar refractivity (Wildman–Crippen MR) is 101 cm³/mol. The van der Waals surface area contributed by atoms with Crippen molar-refractivity contribution in [1.82, 2.24) is 5.32 Å². The largest absolute Gasteiger partial charge is 0.489 e. The first-order valence-corrected chi connectivity index (χ1v) is 9.41. The lowest BCUT2D eigenvalue weighted by atomic mass is 9.97. The molecule has 1 aliphatic carbocycles. The Labute approximate surface area is 163 Å². The van der Waals surface area contributed by atoms with Crippen LogP contribution >= 0.6 is 0 Å². The van der Waals surface area contributed by atoms with Gasteiger partial charge in [0.05, 0.1) is 24.4 Å². The Hall–Kier alpha value is -2.22. The third kappa shape index (κ3) is 7.42. The molecule has 8 heteroatoms. The highest BCUT2D eigenvalue weighted by Gasteiger charge is 2.31. The van der Waals surface area contributed by atoms with E-state index in [0.717, 1.165) is 31.4 Å². The zero-order valence-electron chi connectivity index (χ0n) is 16.0. The summed E-state index contributed by atoms with van der Waals surface area (Å²) in [4.78, 5) is 12.0. The lowest BCUT2D eigenvalue weighted by molar-refractivity contribution is -0.137. The van der Waals surface area contributed by atoms with E-state index < -0.39 is 11.7 Å². The number of allylic oxidation sites excluding steroid dienone is 1. The van der Waals surface area contributed by atoms with Gasteiger partial charge >= 0.3 is 6.18 Å². The summed E-state index contributed by atoms with van der Waals surface area (Å²) in [6.45, 7) is 0.877. The van der Waals surface area contributed by atoms with Crippen LogP contribution in [0.15, 0.2) is 29.8 Å². The Morgan fingerprint density at radius 1 is 1.21 bits per heavy atom. The maximum absolute atomic E-state index is 13.0. The van der Waals surface area contributed by atoms with Gasteiger partial charge in [-0.2, -0.15) is 13.2 Å². The molecular weight excluding hydrogens is 373 g/mol. The Morgan fingerprint density at radius 2 is 2.04 bits per heavy atom. The summed E-state index contributed by atoms with van der Waals surface area (Å²) < 4.78 is 49.2. The molecule has 0 fully saturated rings. The summed E-state index contributed by atoms with van der Waals surface area (Å²) in [7, 11) is 1.50. The van der Waals surface area contributed by atoms with Gasteiger partial charge in [-0.25, -0.2) is 0 Å². The van der Waals surface area contributed by atoms with E-state index in [-0.39, 0.29) is 30.5 Å². The van der Waals surface area contributed by atoms with Crippen LogP contribution in [-0.2, 0) is 15.7 Å². The maximum atomic E-state index is 13.0. The van der Waals surface area contributed by atoms with E-state index in [4.69, 9.17) is 9.47 Å². The number of carbonyl (C=O) groups excluding carboxylic acids is 1. The van der Waals surface area contributed by atoms with Crippen molar-refractivity contribution in [3.63, 3.8) is 0 Å². The van der Waals surface area contributed by atoms with Gasteiger partial charge in [-0.1, -0.05) is 11.6 Å².